The summed E-state index contributed by atoms with van der Waals surface area (Å²) >= 11 is 0. The van der Waals surface area contributed by atoms with Crippen molar-refractivity contribution < 1.29 is 18.9 Å². The minimum absolute atomic E-state index is 0.0967. The molecule has 1 unspecified atom stereocenters. The molecule has 5 rings (SSSR count). The van der Waals surface area contributed by atoms with Crippen LogP contribution < -0.4 is 0 Å². The van der Waals surface area contributed by atoms with Gasteiger partial charge in [0.05, 0.1) is 45.2 Å². The number of unbranched alkanes of at least 4 members (excludes halogenated alkanes) is 9. The van der Waals surface area contributed by atoms with E-state index in [1.54, 1.807) is 5.57 Å². The number of hydrogen-bond acceptors (Lipinski definition) is 5. The van der Waals surface area contributed by atoms with Crippen LogP contribution in [-0.2, 0) is 18.9 Å². The number of rotatable bonds is 32. The third kappa shape index (κ3) is 16.9. The van der Waals surface area contributed by atoms with Gasteiger partial charge in [-0.25, -0.2) is 0 Å². The van der Waals surface area contributed by atoms with Crippen LogP contribution in [0.2, 0.25) is 0 Å². The molecule has 5 heteroatoms. The summed E-state index contributed by atoms with van der Waals surface area (Å²) in [5.74, 6) is 5.36. The Kier molecular flexibility index (Phi) is 23.3. The van der Waals surface area contributed by atoms with Crippen molar-refractivity contribution in [3.63, 3.8) is 0 Å². The molecule has 364 valence electrons. The molecule has 5 aliphatic rings. The number of hydrogen-bond donors (Lipinski definition) is 0. The first-order valence-corrected chi connectivity index (χ1v) is 27.6. The highest BCUT2D eigenvalue weighted by molar-refractivity contribution is 5.25. The van der Waals surface area contributed by atoms with Gasteiger partial charge in [0.1, 0.15) is 0 Å². The van der Waals surface area contributed by atoms with Crippen LogP contribution in [0.1, 0.15) is 209 Å². The number of nitrogens with zero attached hydrogens (tertiary/aromatic N) is 1. The highest BCUT2D eigenvalue weighted by Gasteiger charge is 2.59. The third-order valence-electron chi connectivity index (χ3n) is 17.4. The summed E-state index contributed by atoms with van der Waals surface area (Å²) in [7, 11) is 0. The summed E-state index contributed by atoms with van der Waals surface area (Å²) in [6.45, 7) is 27.1. The molecular formula is C58H103NO4. The summed E-state index contributed by atoms with van der Waals surface area (Å²) in [5.41, 5.74) is 3.07. The van der Waals surface area contributed by atoms with Crippen molar-refractivity contribution in [2.45, 2.75) is 222 Å². The molecule has 0 spiro atoms. The first-order chi connectivity index (χ1) is 30.4. The van der Waals surface area contributed by atoms with E-state index in [9.17, 15) is 0 Å². The quantitative estimate of drug-likeness (QED) is 0.0497. The maximum Gasteiger partial charge on any atom is 0.0936 e. The van der Waals surface area contributed by atoms with Gasteiger partial charge in [-0.2, -0.15) is 0 Å². The molecule has 3 saturated carbocycles. The van der Waals surface area contributed by atoms with E-state index in [4.69, 9.17) is 18.9 Å². The van der Waals surface area contributed by atoms with E-state index >= 15 is 0 Å². The minimum Gasteiger partial charge on any atom is -0.379 e. The zero-order valence-corrected chi connectivity index (χ0v) is 42.9. The van der Waals surface area contributed by atoms with Crippen molar-refractivity contribution in [1.82, 2.24) is 4.90 Å². The van der Waals surface area contributed by atoms with Crippen LogP contribution in [0.3, 0.4) is 0 Å². The molecule has 0 N–H and O–H groups in total. The van der Waals surface area contributed by atoms with Crippen LogP contribution in [0.25, 0.3) is 0 Å². The highest BCUT2D eigenvalue weighted by Crippen LogP contribution is 2.67. The van der Waals surface area contributed by atoms with Gasteiger partial charge in [0.2, 0.25) is 0 Å². The maximum absolute atomic E-state index is 6.53. The van der Waals surface area contributed by atoms with Crippen molar-refractivity contribution in [3.8, 4) is 0 Å². The molecule has 1 heterocycles. The third-order valence-corrected chi connectivity index (χ3v) is 17.4. The molecule has 9 atom stereocenters. The van der Waals surface area contributed by atoms with E-state index in [2.05, 4.69) is 90.7 Å². The van der Waals surface area contributed by atoms with Crippen LogP contribution in [0.15, 0.2) is 36.0 Å². The first-order valence-electron chi connectivity index (χ1n) is 27.6. The van der Waals surface area contributed by atoms with Crippen LogP contribution in [0.4, 0.5) is 0 Å². The second-order valence-corrected chi connectivity index (χ2v) is 23.4. The number of ether oxygens (including phenoxy) is 4. The molecule has 5 nitrogen and oxygen atoms in total. The molecule has 0 bridgehead atoms. The second-order valence-electron chi connectivity index (χ2n) is 23.4. The van der Waals surface area contributed by atoms with E-state index in [0.717, 1.165) is 81.0 Å². The Morgan fingerprint density at radius 1 is 0.714 bits per heavy atom. The molecule has 0 amide bonds. The Hall–Kier alpha value is -0.980. The summed E-state index contributed by atoms with van der Waals surface area (Å²) in [5, 5.41) is 0. The van der Waals surface area contributed by atoms with Gasteiger partial charge in [0.25, 0.3) is 0 Å². The van der Waals surface area contributed by atoms with Gasteiger partial charge in [-0.05, 0) is 155 Å². The fourth-order valence-electron chi connectivity index (χ4n) is 13.7. The van der Waals surface area contributed by atoms with E-state index in [1.807, 2.05) is 0 Å². The highest BCUT2D eigenvalue weighted by atomic mass is 16.6. The molecule has 0 radical (unpaired) electrons. The van der Waals surface area contributed by atoms with Gasteiger partial charge in [-0.3, -0.25) is 0 Å². The molecule has 1 aliphatic heterocycles. The number of fused-ring (bicyclic) bond motifs is 5. The smallest absolute Gasteiger partial charge is 0.0936 e. The summed E-state index contributed by atoms with van der Waals surface area (Å²) in [6.07, 6.45) is 44.1. The Morgan fingerprint density at radius 3 is 2.21 bits per heavy atom. The Morgan fingerprint density at radius 2 is 1.46 bits per heavy atom. The van der Waals surface area contributed by atoms with Gasteiger partial charge in [0, 0.05) is 19.7 Å². The van der Waals surface area contributed by atoms with Gasteiger partial charge < -0.3 is 23.8 Å². The second kappa shape index (κ2) is 27.7. The van der Waals surface area contributed by atoms with Crippen LogP contribution in [0.5, 0.6) is 0 Å². The van der Waals surface area contributed by atoms with Crippen LogP contribution in [-0.4, -0.2) is 76.4 Å². The SMILES string of the molecule is CCCCC/C=C\C/C=C\CCCCCCCCOCC(CN1CCC(C)(C)C1)OCCOCCO[C@H]1CC[C@@]2(C)C(=CC[C@H]3[C@@H]4CC[C@@H]([C@H](C)CCCC(C)C)[C@@]4(C)CC[C@@H]32)C1. The first kappa shape index (κ1) is 53.0. The molecule has 4 fully saturated rings. The van der Waals surface area contributed by atoms with E-state index in [0.29, 0.717) is 55.4 Å². The van der Waals surface area contributed by atoms with E-state index in [-0.39, 0.29) is 6.10 Å². The van der Waals surface area contributed by atoms with Gasteiger partial charge in [0.15, 0.2) is 0 Å². The molecule has 0 aromatic heterocycles. The zero-order valence-electron chi connectivity index (χ0n) is 42.9. The molecule has 0 aromatic carbocycles. The molecule has 63 heavy (non-hydrogen) atoms. The lowest BCUT2D eigenvalue weighted by atomic mass is 9.47. The van der Waals surface area contributed by atoms with Gasteiger partial charge >= 0.3 is 0 Å². The fraction of sp³-hybridized carbons (Fsp3) is 0.897. The predicted molar refractivity (Wildman–Crippen MR) is 268 cm³/mol. The Labute approximate surface area is 391 Å². The standard InChI is InChI=1S/C58H103NO4/c1-9-10-11-12-13-14-15-16-17-18-19-20-21-22-23-24-38-61-45-51(44-59-37-36-56(5,6)46-59)63-42-40-60-39-41-62-50-32-34-57(7)49(43-50)28-29-52-54-31-30-53(48(4)27-25-26-47(2)3)58(54,8)35-33-55(52)57/h13-14,16-17,28,47-48,50-55H,9-12,15,18-27,29-46H2,1-8H3/b14-13-,17-16-/t48-,50+,51?,52+,53+,54+,55+,57+,58-/m1/s1. The van der Waals surface area contributed by atoms with Crippen molar-refractivity contribution in [3.05, 3.63) is 36.0 Å². The van der Waals surface area contributed by atoms with E-state index < -0.39 is 0 Å². The maximum atomic E-state index is 6.53. The molecule has 4 aliphatic carbocycles. The monoisotopic (exact) mass is 878 g/mol. The normalized spacial score (nSPS) is 30.6. The summed E-state index contributed by atoms with van der Waals surface area (Å²) in [6, 6.07) is 0. The van der Waals surface area contributed by atoms with Crippen molar-refractivity contribution in [1.29, 1.82) is 0 Å². The fourth-order valence-corrected chi connectivity index (χ4v) is 13.7. The zero-order chi connectivity index (χ0) is 45.0. The van der Waals surface area contributed by atoms with Gasteiger partial charge in [-0.15, -0.1) is 0 Å². The lowest BCUT2D eigenvalue weighted by Crippen LogP contribution is -2.51. The number of allylic oxidation sites excluding steroid dienone is 5. The lowest BCUT2D eigenvalue weighted by molar-refractivity contribution is -0.0732. The predicted octanol–water partition coefficient (Wildman–Crippen LogP) is 15.4. The summed E-state index contributed by atoms with van der Waals surface area (Å²) in [4.78, 5) is 2.58. The minimum atomic E-state index is 0.0967. The van der Waals surface area contributed by atoms with Crippen molar-refractivity contribution in [2.24, 2.45) is 51.8 Å². The Balaban J connectivity index is 0.923. The molecule has 1 saturated heterocycles. The van der Waals surface area contributed by atoms with E-state index in [1.165, 1.54) is 135 Å². The number of likely N-dealkylation sites (tertiary alicyclic amines) is 1. The topological polar surface area (TPSA) is 40.2 Å². The summed E-state index contributed by atoms with van der Waals surface area (Å²) < 4.78 is 25.3. The Bertz CT molecular complexity index is 1340. The van der Waals surface area contributed by atoms with Crippen molar-refractivity contribution in [2.75, 3.05) is 59.3 Å². The lowest BCUT2D eigenvalue weighted by Gasteiger charge is -2.58. The molecule has 0 aromatic rings. The average Bonchev–Trinajstić information content (AvgIpc) is 3.79. The van der Waals surface area contributed by atoms with Crippen LogP contribution in [0, 0.1) is 51.8 Å². The van der Waals surface area contributed by atoms with Crippen LogP contribution >= 0.6 is 0 Å². The van der Waals surface area contributed by atoms with Gasteiger partial charge in [-0.1, -0.05) is 149 Å². The largest absolute Gasteiger partial charge is 0.379 e. The average molecular weight is 878 g/mol. The molecular weight excluding hydrogens is 775 g/mol. The van der Waals surface area contributed by atoms with Crippen molar-refractivity contribution >= 4 is 0 Å².